The fourth-order valence-electron chi connectivity index (χ4n) is 3.26. The highest BCUT2D eigenvalue weighted by molar-refractivity contribution is 8.00. The van der Waals surface area contributed by atoms with E-state index < -0.39 is 0 Å². The summed E-state index contributed by atoms with van der Waals surface area (Å²) in [6.07, 6.45) is 0. The molecule has 0 unspecified atom stereocenters. The van der Waals surface area contributed by atoms with Gasteiger partial charge in [-0.15, -0.1) is 11.8 Å². The maximum Gasteiger partial charge on any atom is 0.231 e. The van der Waals surface area contributed by atoms with Gasteiger partial charge in [0.25, 0.3) is 0 Å². The van der Waals surface area contributed by atoms with Crippen LogP contribution in [0.2, 0.25) is 0 Å². The van der Waals surface area contributed by atoms with Crippen molar-refractivity contribution in [3.05, 3.63) is 59.7 Å². The van der Waals surface area contributed by atoms with Crippen LogP contribution in [0.15, 0.2) is 53.4 Å². The summed E-state index contributed by atoms with van der Waals surface area (Å²) in [7, 11) is 1.65. The van der Waals surface area contributed by atoms with Crippen molar-refractivity contribution in [2.45, 2.75) is 17.9 Å². The number of carbonyl (C=O) groups excluding carboxylic acids is 1. The molecule has 2 aromatic carbocycles. The molecule has 2 aromatic rings. The van der Waals surface area contributed by atoms with Gasteiger partial charge in [-0.3, -0.25) is 4.79 Å². The second-order valence-electron chi connectivity index (χ2n) is 7.06. The van der Waals surface area contributed by atoms with Crippen molar-refractivity contribution in [1.29, 1.82) is 0 Å². The Bertz CT molecular complexity index is 743. The zero-order chi connectivity index (χ0) is 19.8. The van der Waals surface area contributed by atoms with Crippen LogP contribution < -0.4 is 15.0 Å². The first-order chi connectivity index (χ1) is 13.6. The summed E-state index contributed by atoms with van der Waals surface area (Å²) in [5, 5.41) is 3.25. The Morgan fingerprint density at radius 2 is 1.82 bits per heavy atom. The Balaban J connectivity index is 1.60. The summed E-state index contributed by atoms with van der Waals surface area (Å²) in [4.78, 5) is 15.2. The molecule has 1 fully saturated rings. The SMILES string of the molecule is COc1ccc(SCC(=O)N[C@H](C[NH+]2CCOCC2)c2ccc(C)cc2)cc1. The first-order valence-electron chi connectivity index (χ1n) is 9.68. The fraction of sp³-hybridized carbons (Fsp3) is 0.409. The van der Waals surface area contributed by atoms with Gasteiger partial charge in [-0.25, -0.2) is 0 Å². The smallest absolute Gasteiger partial charge is 0.231 e. The van der Waals surface area contributed by atoms with Crippen LogP contribution in [-0.4, -0.2) is 51.6 Å². The number of benzene rings is 2. The number of carbonyl (C=O) groups is 1. The van der Waals surface area contributed by atoms with Crippen LogP contribution >= 0.6 is 11.8 Å². The van der Waals surface area contributed by atoms with E-state index in [4.69, 9.17) is 9.47 Å². The van der Waals surface area contributed by atoms with E-state index in [2.05, 4.69) is 36.5 Å². The predicted molar refractivity (Wildman–Crippen MR) is 112 cm³/mol. The van der Waals surface area contributed by atoms with E-state index in [1.807, 2.05) is 24.3 Å². The molecule has 28 heavy (non-hydrogen) atoms. The van der Waals surface area contributed by atoms with E-state index in [1.54, 1.807) is 7.11 Å². The molecule has 1 saturated heterocycles. The Morgan fingerprint density at radius 3 is 2.46 bits per heavy atom. The van der Waals surface area contributed by atoms with Gasteiger partial charge in [0.05, 0.1) is 26.1 Å². The number of rotatable bonds is 8. The third kappa shape index (κ3) is 6.26. The molecular formula is C22H29N2O3S+. The third-order valence-corrected chi connectivity index (χ3v) is 5.95. The van der Waals surface area contributed by atoms with E-state index in [9.17, 15) is 4.79 Å². The van der Waals surface area contributed by atoms with Gasteiger partial charge in [-0.05, 0) is 36.8 Å². The normalized spacial score (nSPS) is 15.8. The summed E-state index contributed by atoms with van der Waals surface area (Å²) in [6, 6.07) is 16.3. The average Bonchev–Trinajstić information content (AvgIpc) is 2.73. The van der Waals surface area contributed by atoms with Crippen molar-refractivity contribution in [2.75, 3.05) is 45.7 Å². The zero-order valence-electron chi connectivity index (χ0n) is 16.6. The number of hydrogen-bond donors (Lipinski definition) is 2. The monoisotopic (exact) mass is 401 g/mol. The van der Waals surface area contributed by atoms with Gasteiger partial charge >= 0.3 is 0 Å². The van der Waals surface area contributed by atoms with Crippen LogP contribution in [0.3, 0.4) is 0 Å². The van der Waals surface area contributed by atoms with Gasteiger partial charge < -0.3 is 19.7 Å². The van der Waals surface area contributed by atoms with E-state index in [-0.39, 0.29) is 11.9 Å². The van der Waals surface area contributed by atoms with E-state index in [0.29, 0.717) is 5.75 Å². The molecule has 2 N–H and O–H groups in total. The van der Waals surface area contributed by atoms with Gasteiger partial charge in [0.1, 0.15) is 31.4 Å². The molecule has 0 aliphatic carbocycles. The number of ether oxygens (including phenoxy) is 2. The summed E-state index contributed by atoms with van der Waals surface area (Å²) in [6.45, 7) is 6.51. The topological polar surface area (TPSA) is 52.0 Å². The average molecular weight is 402 g/mol. The fourth-order valence-corrected chi connectivity index (χ4v) is 3.97. The molecular weight excluding hydrogens is 372 g/mol. The number of nitrogens with one attached hydrogen (secondary N) is 2. The zero-order valence-corrected chi connectivity index (χ0v) is 17.4. The van der Waals surface area contributed by atoms with Crippen molar-refractivity contribution >= 4 is 17.7 Å². The van der Waals surface area contributed by atoms with Gasteiger partial charge in [-0.1, -0.05) is 29.8 Å². The highest BCUT2D eigenvalue weighted by Gasteiger charge is 2.23. The van der Waals surface area contributed by atoms with Crippen molar-refractivity contribution in [1.82, 2.24) is 5.32 Å². The summed E-state index contributed by atoms with van der Waals surface area (Å²) in [5.41, 5.74) is 2.38. The highest BCUT2D eigenvalue weighted by Crippen LogP contribution is 2.21. The molecule has 3 rings (SSSR count). The van der Waals surface area contributed by atoms with E-state index in [1.165, 1.54) is 22.2 Å². The second-order valence-corrected chi connectivity index (χ2v) is 8.11. The Morgan fingerprint density at radius 1 is 1.14 bits per heavy atom. The Hall–Kier alpha value is -2.02. The number of amides is 1. The van der Waals surface area contributed by atoms with Gasteiger partial charge in [-0.2, -0.15) is 0 Å². The molecule has 0 spiro atoms. The van der Waals surface area contributed by atoms with Crippen molar-refractivity contribution in [3.63, 3.8) is 0 Å². The lowest BCUT2D eigenvalue weighted by Gasteiger charge is -2.28. The maximum absolute atomic E-state index is 12.6. The molecule has 150 valence electrons. The van der Waals surface area contributed by atoms with Crippen LogP contribution in [-0.2, 0) is 9.53 Å². The first-order valence-corrected chi connectivity index (χ1v) is 10.7. The minimum Gasteiger partial charge on any atom is -0.497 e. The predicted octanol–water partition coefficient (Wildman–Crippen LogP) is 1.87. The molecule has 0 bridgehead atoms. The van der Waals surface area contributed by atoms with Gasteiger partial charge in [0, 0.05) is 4.90 Å². The number of aryl methyl sites for hydroxylation is 1. The number of methoxy groups -OCH3 is 1. The first kappa shape index (κ1) is 20.7. The summed E-state index contributed by atoms with van der Waals surface area (Å²) >= 11 is 1.54. The molecule has 1 aliphatic heterocycles. The van der Waals surface area contributed by atoms with Crippen LogP contribution in [0.25, 0.3) is 0 Å². The molecule has 0 saturated carbocycles. The highest BCUT2D eigenvalue weighted by atomic mass is 32.2. The number of morpholine rings is 1. The molecule has 1 amide bonds. The van der Waals surface area contributed by atoms with E-state index >= 15 is 0 Å². The lowest BCUT2D eigenvalue weighted by molar-refractivity contribution is -0.909. The molecule has 0 radical (unpaired) electrons. The standard InChI is InChI=1S/C22H28N2O3S/c1-17-3-5-18(6-4-17)21(15-24-11-13-27-14-12-24)23-22(25)16-28-20-9-7-19(26-2)8-10-20/h3-10,21H,11-16H2,1-2H3,(H,23,25)/p+1/t21-/m1/s1. The quantitative estimate of drug-likeness (QED) is 0.663. The second kappa shape index (κ2) is 10.5. The summed E-state index contributed by atoms with van der Waals surface area (Å²) < 4.78 is 10.6. The minimum atomic E-state index is 0.0117. The lowest BCUT2D eigenvalue weighted by Crippen LogP contribution is -3.14. The Kier molecular flexibility index (Phi) is 7.77. The summed E-state index contributed by atoms with van der Waals surface area (Å²) in [5.74, 6) is 1.27. The number of hydrogen-bond acceptors (Lipinski definition) is 4. The molecule has 6 heteroatoms. The van der Waals surface area contributed by atoms with Gasteiger partial charge in [0.15, 0.2) is 0 Å². The molecule has 1 aliphatic rings. The molecule has 1 atom stereocenters. The largest absolute Gasteiger partial charge is 0.497 e. The number of quaternary nitrogens is 1. The minimum absolute atomic E-state index is 0.0117. The number of thioether (sulfide) groups is 1. The Labute approximate surface area is 171 Å². The third-order valence-electron chi connectivity index (χ3n) is 4.94. The van der Waals surface area contributed by atoms with Crippen molar-refractivity contribution < 1.29 is 19.2 Å². The lowest BCUT2D eigenvalue weighted by atomic mass is 10.0. The molecule has 0 aromatic heterocycles. The van der Waals surface area contributed by atoms with Crippen LogP contribution in [0.4, 0.5) is 0 Å². The molecule has 5 nitrogen and oxygen atoms in total. The van der Waals surface area contributed by atoms with Crippen LogP contribution in [0.5, 0.6) is 5.75 Å². The van der Waals surface area contributed by atoms with Crippen molar-refractivity contribution in [3.8, 4) is 5.75 Å². The van der Waals surface area contributed by atoms with Crippen LogP contribution in [0, 0.1) is 6.92 Å². The molecule has 1 heterocycles. The van der Waals surface area contributed by atoms with Crippen LogP contribution in [0.1, 0.15) is 17.2 Å². The maximum atomic E-state index is 12.6. The van der Waals surface area contributed by atoms with E-state index in [0.717, 1.165) is 49.1 Å². The van der Waals surface area contributed by atoms with Crippen molar-refractivity contribution in [2.24, 2.45) is 0 Å². The van der Waals surface area contributed by atoms with Gasteiger partial charge in [0.2, 0.25) is 5.91 Å².